The van der Waals surface area contributed by atoms with Crippen LogP contribution in [-0.2, 0) is 18.3 Å². The van der Waals surface area contributed by atoms with E-state index in [1.807, 2.05) is 12.1 Å². The molecule has 0 radical (unpaired) electrons. The van der Waals surface area contributed by atoms with Gasteiger partial charge in [0, 0.05) is 25.4 Å². The van der Waals surface area contributed by atoms with Crippen molar-refractivity contribution in [3.63, 3.8) is 0 Å². The first-order chi connectivity index (χ1) is 10.5. The van der Waals surface area contributed by atoms with Gasteiger partial charge in [-0.3, -0.25) is 4.79 Å². The standard InChI is InChI=1S/C16H19N3O3.ClH/c1-3-22-16(21)14-8-13(10-19(14)2)18-15(20)12-6-4-11(9-17)5-7-12;/h4-8,10H,3,9,17H2,1-2H3,(H,18,20);1H. The van der Waals surface area contributed by atoms with E-state index in [0.29, 0.717) is 30.1 Å². The van der Waals surface area contributed by atoms with Crippen LogP contribution in [0.1, 0.15) is 33.3 Å². The lowest BCUT2D eigenvalue weighted by molar-refractivity contribution is 0.0515. The van der Waals surface area contributed by atoms with Crippen molar-refractivity contribution in [2.24, 2.45) is 12.8 Å². The van der Waals surface area contributed by atoms with Gasteiger partial charge in [-0.25, -0.2) is 4.79 Å². The van der Waals surface area contributed by atoms with Gasteiger partial charge < -0.3 is 20.4 Å². The minimum Gasteiger partial charge on any atom is -0.461 e. The normalized spacial score (nSPS) is 9.87. The number of nitrogens with zero attached hydrogens (tertiary/aromatic N) is 1. The van der Waals surface area contributed by atoms with Crippen LogP contribution in [0.25, 0.3) is 0 Å². The van der Waals surface area contributed by atoms with E-state index in [4.69, 9.17) is 10.5 Å². The Hall–Kier alpha value is -2.31. The Balaban J connectivity index is 0.00000264. The van der Waals surface area contributed by atoms with Crippen LogP contribution in [0, 0.1) is 0 Å². The first kappa shape index (κ1) is 18.7. The molecule has 0 spiro atoms. The molecular weight excluding hydrogens is 318 g/mol. The molecule has 7 heteroatoms. The Morgan fingerprint density at radius 2 is 1.91 bits per heavy atom. The number of amides is 1. The molecule has 0 aliphatic heterocycles. The zero-order chi connectivity index (χ0) is 16.1. The van der Waals surface area contributed by atoms with Crippen LogP contribution in [0.3, 0.4) is 0 Å². The van der Waals surface area contributed by atoms with Crippen LogP contribution in [0.2, 0.25) is 0 Å². The third kappa shape index (κ3) is 4.58. The van der Waals surface area contributed by atoms with E-state index < -0.39 is 5.97 Å². The summed E-state index contributed by atoms with van der Waals surface area (Å²) in [6.07, 6.45) is 1.67. The first-order valence-electron chi connectivity index (χ1n) is 6.99. The SMILES string of the molecule is CCOC(=O)c1cc(NC(=O)c2ccc(CN)cc2)cn1C.Cl. The van der Waals surface area contributed by atoms with E-state index in [0.717, 1.165) is 5.56 Å². The number of aryl methyl sites for hydroxylation is 1. The third-order valence-electron chi connectivity index (χ3n) is 3.20. The lowest BCUT2D eigenvalue weighted by Crippen LogP contribution is -2.11. The fourth-order valence-corrected chi connectivity index (χ4v) is 2.04. The Morgan fingerprint density at radius 3 is 2.48 bits per heavy atom. The molecule has 1 aromatic carbocycles. The van der Waals surface area contributed by atoms with E-state index in [1.165, 1.54) is 0 Å². The lowest BCUT2D eigenvalue weighted by Gasteiger charge is -2.03. The lowest BCUT2D eigenvalue weighted by atomic mass is 10.1. The maximum Gasteiger partial charge on any atom is 0.355 e. The first-order valence-corrected chi connectivity index (χ1v) is 6.99. The highest BCUT2D eigenvalue weighted by Gasteiger charge is 2.14. The van der Waals surface area contributed by atoms with Crippen molar-refractivity contribution in [3.8, 4) is 0 Å². The molecule has 0 atom stereocenters. The van der Waals surface area contributed by atoms with Gasteiger partial charge >= 0.3 is 5.97 Å². The summed E-state index contributed by atoms with van der Waals surface area (Å²) < 4.78 is 6.57. The van der Waals surface area contributed by atoms with Crippen molar-refractivity contribution in [1.82, 2.24) is 4.57 Å². The maximum absolute atomic E-state index is 12.2. The van der Waals surface area contributed by atoms with Crippen LogP contribution < -0.4 is 11.1 Å². The summed E-state index contributed by atoms with van der Waals surface area (Å²) in [5, 5.41) is 2.76. The van der Waals surface area contributed by atoms with Gasteiger partial charge in [0.15, 0.2) is 0 Å². The summed E-state index contributed by atoms with van der Waals surface area (Å²) in [6, 6.07) is 8.64. The molecule has 0 unspecified atom stereocenters. The van der Waals surface area contributed by atoms with Crippen molar-refractivity contribution in [3.05, 3.63) is 53.3 Å². The molecule has 1 heterocycles. The second kappa shape index (κ2) is 8.36. The molecule has 3 N–H and O–H groups in total. The van der Waals surface area contributed by atoms with Crippen LogP contribution >= 0.6 is 12.4 Å². The Kier molecular flexibility index (Phi) is 6.81. The summed E-state index contributed by atoms with van der Waals surface area (Å²) in [6.45, 7) is 2.48. The van der Waals surface area contributed by atoms with Crippen molar-refractivity contribution < 1.29 is 14.3 Å². The van der Waals surface area contributed by atoms with E-state index in [2.05, 4.69) is 5.32 Å². The summed E-state index contributed by atoms with van der Waals surface area (Å²) in [7, 11) is 1.72. The number of hydrogen-bond acceptors (Lipinski definition) is 4. The highest BCUT2D eigenvalue weighted by molar-refractivity contribution is 6.04. The minimum atomic E-state index is -0.419. The number of rotatable bonds is 5. The number of hydrogen-bond donors (Lipinski definition) is 2. The molecule has 1 amide bonds. The predicted octanol–water partition coefficient (Wildman–Crippen LogP) is 2.33. The molecule has 0 aliphatic rings. The Labute approximate surface area is 141 Å². The van der Waals surface area contributed by atoms with Gasteiger partial charge in [0.2, 0.25) is 0 Å². The van der Waals surface area contributed by atoms with Crippen LogP contribution in [0.4, 0.5) is 5.69 Å². The molecule has 1 aromatic heterocycles. The zero-order valence-corrected chi connectivity index (χ0v) is 13.9. The quantitative estimate of drug-likeness (QED) is 0.820. The summed E-state index contributed by atoms with van der Waals surface area (Å²) in [5.41, 5.74) is 7.94. The number of ether oxygens (including phenoxy) is 1. The second-order valence-corrected chi connectivity index (χ2v) is 4.80. The fourth-order valence-electron chi connectivity index (χ4n) is 2.04. The predicted molar refractivity (Wildman–Crippen MR) is 90.9 cm³/mol. The van der Waals surface area contributed by atoms with Crippen molar-refractivity contribution in [2.75, 3.05) is 11.9 Å². The topological polar surface area (TPSA) is 86.3 Å². The largest absolute Gasteiger partial charge is 0.461 e. The number of esters is 1. The van der Waals surface area contributed by atoms with Gasteiger partial charge in [0.05, 0.1) is 12.3 Å². The fraction of sp³-hybridized carbons (Fsp3) is 0.250. The van der Waals surface area contributed by atoms with Gasteiger partial charge in [-0.1, -0.05) is 12.1 Å². The maximum atomic E-state index is 12.2. The molecule has 6 nitrogen and oxygen atoms in total. The number of benzene rings is 1. The van der Waals surface area contributed by atoms with Crippen LogP contribution in [0.5, 0.6) is 0 Å². The highest BCUT2D eigenvalue weighted by atomic mass is 35.5. The average molecular weight is 338 g/mol. The zero-order valence-electron chi connectivity index (χ0n) is 13.0. The van der Waals surface area contributed by atoms with E-state index in [9.17, 15) is 9.59 Å². The number of nitrogens with two attached hydrogens (primary N) is 1. The number of aromatic nitrogens is 1. The van der Waals surface area contributed by atoms with Gasteiger partial charge in [-0.05, 0) is 30.7 Å². The minimum absolute atomic E-state index is 0. The average Bonchev–Trinajstić information content (AvgIpc) is 2.88. The van der Waals surface area contributed by atoms with Crippen molar-refractivity contribution in [2.45, 2.75) is 13.5 Å². The number of halogens is 1. The summed E-state index contributed by atoms with van der Waals surface area (Å²) >= 11 is 0. The number of anilines is 1. The van der Waals surface area contributed by atoms with E-state index in [-0.39, 0.29) is 18.3 Å². The van der Waals surface area contributed by atoms with Gasteiger partial charge in [-0.15, -0.1) is 12.4 Å². The number of nitrogens with one attached hydrogen (secondary N) is 1. The van der Waals surface area contributed by atoms with Crippen LogP contribution in [0.15, 0.2) is 36.5 Å². The molecule has 0 saturated carbocycles. The summed E-state index contributed by atoms with van der Waals surface area (Å²) in [4.78, 5) is 23.9. The molecule has 124 valence electrons. The Morgan fingerprint density at radius 1 is 1.26 bits per heavy atom. The monoisotopic (exact) mass is 337 g/mol. The molecular formula is C16H20ClN3O3. The number of carbonyl (C=O) groups excluding carboxylic acids is 2. The summed E-state index contributed by atoms with van der Waals surface area (Å²) in [5.74, 6) is -0.664. The van der Waals surface area contributed by atoms with Crippen LogP contribution in [-0.4, -0.2) is 23.1 Å². The van der Waals surface area contributed by atoms with E-state index >= 15 is 0 Å². The van der Waals surface area contributed by atoms with Crippen molar-refractivity contribution in [1.29, 1.82) is 0 Å². The Bertz CT molecular complexity index is 680. The number of carbonyl (C=O) groups is 2. The van der Waals surface area contributed by atoms with Gasteiger partial charge in [0.1, 0.15) is 5.69 Å². The molecule has 0 bridgehead atoms. The molecule has 0 fully saturated rings. The highest BCUT2D eigenvalue weighted by Crippen LogP contribution is 2.15. The molecule has 23 heavy (non-hydrogen) atoms. The molecule has 0 saturated heterocycles. The molecule has 2 aromatic rings. The molecule has 2 rings (SSSR count). The van der Waals surface area contributed by atoms with Gasteiger partial charge in [-0.2, -0.15) is 0 Å². The molecule has 0 aliphatic carbocycles. The van der Waals surface area contributed by atoms with E-state index in [1.54, 1.807) is 42.9 Å². The van der Waals surface area contributed by atoms with Crippen molar-refractivity contribution >= 4 is 30.0 Å². The second-order valence-electron chi connectivity index (χ2n) is 4.80. The third-order valence-corrected chi connectivity index (χ3v) is 3.20. The van der Waals surface area contributed by atoms with Gasteiger partial charge in [0.25, 0.3) is 5.91 Å². The smallest absolute Gasteiger partial charge is 0.355 e.